The van der Waals surface area contributed by atoms with Crippen LogP contribution < -0.4 is 16.0 Å². The van der Waals surface area contributed by atoms with Crippen LogP contribution in [-0.4, -0.2) is 113 Å². The molecule has 288 valence electrons. The number of amides is 7. The SMILES string of the molecule is CC(C)(C)OC(=O)N[C@H]1CCCCC/C=C\[C@H]2C[C@@]2(C(=O)NC(=O)N2CCOCC2)NC(=O)[C@@H]2C[C@@H](OC(=O)N3Cc4cccc(F)c4C3)CN2C1=O. The van der Waals surface area contributed by atoms with Crippen LogP contribution in [0.4, 0.5) is 18.8 Å². The molecule has 1 aliphatic carbocycles. The number of nitrogens with zero attached hydrogens (tertiary/aromatic N) is 3. The highest BCUT2D eigenvalue weighted by Gasteiger charge is 2.61. The molecule has 15 nitrogen and oxygen atoms in total. The van der Waals surface area contributed by atoms with Crippen molar-refractivity contribution in [1.82, 2.24) is 30.7 Å². The van der Waals surface area contributed by atoms with E-state index in [1.165, 1.54) is 20.8 Å². The van der Waals surface area contributed by atoms with Crippen molar-refractivity contribution in [3.63, 3.8) is 0 Å². The van der Waals surface area contributed by atoms with Crippen LogP contribution in [0.25, 0.3) is 0 Å². The van der Waals surface area contributed by atoms with Gasteiger partial charge in [0.05, 0.1) is 26.3 Å². The molecule has 0 spiro atoms. The molecule has 3 fully saturated rings. The molecular weight excluding hydrogens is 691 g/mol. The molecule has 1 saturated carbocycles. The van der Waals surface area contributed by atoms with Crippen LogP contribution in [0.2, 0.25) is 0 Å². The molecule has 3 N–H and O–H groups in total. The summed E-state index contributed by atoms with van der Waals surface area (Å²) in [5, 5.41) is 8.03. The molecular formula is C37H49FN6O9. The normalized spacial score (nSPS) is 28.3. The largest absolute Gasteiger partial charge is 0.444 e. The quantitative estimate of drug-likeness (QED) is 0.394. The lowest BCUT2D eigenvalue weighted by Gasteiger charge is -2.31. The number of ether oxygens (including phenoxy) is 3. The molecule has 5 aliphatic rings. The summed E-state index contributed by atoms with van der Waals surface area (Å²) >= 11 is 0. The molecule has 16 heteroatoms. The van der Waals surface area contributed by atoms with E-state index in [9.17, 15) is 33.2 Å². The molecule has 2 saturated heterocycles. The number of hydrogen-bond acceptors (Lipinski definition) is 9. The Labute approximate surface area is 307 Å². The fourth-order valence-electron chi connectivity index (χ4n) is 7.40. The Balaban J connectivity index is 1.23. The summed E-state index contributed by atoms with van der Waals surface area (Å²) in [6.45, 7) is 6.43. The Morgan fingerprint density at radius 3 is 2.55 bits per heavy atom. The molecule has 53 heavy (non-hydrogen) atoms. The third kappa shape index (κ3) is 8.91. The third-order valence-electron chi connectivity index (χ3n) is 10.3. The molecule has 4 aliphatic heterocycles. The number of benzene rings is 1. The molecule has 1 aromatic carbocycles. The molecule has 7 amide bonds. The van der Waals surface area contributed by atoms with Crippen molar-refractivity contribution in [2.45, 2.75) is 108 Å². The Bertz CT molecular complexity index is 1640. The number of urea groups is 1. The minimum atomic E-state index is -1.45. The molecule has 4 heterocycles. The van der Waals surface area contributed by atoms with Gasteiger partial charge in [0.15, 0.2) is 0 Å². The Hall–Kier alpha value is -4.73. The van der Waals surface area contributed by atoms with Crippen molar-refractivity contribution in [2.24, 2.45) is 5.92 Å². The van der Waals surface area contributed by atoms with E-state index in [0.29, 0.717) is 50.3 Å². The lowest BCUT2D eigenvalue weighted by Crippen LogP contribution is -2.59. The smallest absolute Gasteiger partial charge is 0.410 e. The topological polar surface area (TPSA) is 176 Å². The summed E-state index contributed by atoms with van der Waals surface area (Å²) in [5.41, 5.74) is -1.21. The van der Waals surface area contributed by atoms with Gasteiger partial charge in [0.1, 0.15) is 35.1 Å². The number of fused-ring (bicyclic) bond motifs is 3. The molecule has 1 aromatic rings. The third-order valence-corrected chi connectivity index (χ3v) is 10.3. The number of hydrogen-bond donors (Lipinski definition) is 3. The second-order valence-corrected chi connectivity index (χ2v) is 15.4. The zero-order valence-corrected chi connectivity index (χ0v) is 30.5. The molecule has 0 radical (unpaired) electrons. The maximum absolute atomic E-state index is 14.4. The molecule has 0 unspecified atom stereocenters. The zero-order chi connectivity index (χ0) is 37.9. The average molecular weight is 741 g/mol. The van der Waals surface area contributed by atoms with Crippen LogP contribution >= 0.6 is 0 Å². The van der Waals surface area contributed by atoms with E-state index in [4.69, 9.17) is 14.2 Å². The maximum Gasteiger partial charge on any atom is 0.410 e. The number of carbonyl (C=O) groups is 6. The first-order chi connectivity index (χ1) is 25.2. The summed E-state index contributed by atoms with van der Waals surface area (Å²) in [5.74, 6) is -2.71. The second kappa shape index (κ2) is 15.7. The van der Waals surface area contributed by atoms with Crippen molar-refractivity contribution in [3.05, 3.63) is 47.3 Å². The van der Waals surface area contributed by atoms with Gasteiger partial charge >= 0.3 is 18.2 Å². The summed E-state index contributed by atoms with van der Waals surface area (Å²) in [6.07, 6.45) is 4.62. The van der Waals surface area contributed by atoms with Crippen LogP contribution in [0, 0.1) is 11.7 Å². The lowest BCUT2D eigenvalue weighted by molar-refractivity contribution is -0.141. The summed E-state index contributed by atoms with van der Waals surface area (Å²) < 4.78 is 31.0. The van der Waals surface area contributed by atoms with Crippen LogP contribution in [-0.2, 0) is 41.7 Å². The van der Waals surface area contributed by atoms with Crippen molar-refractivity contribution >= 4 is 35.9 Å². The predicted octanol–water partition coefficient (Wildman–Crippen LogP) is 3.10. The van der Waals surface area contributed by atoms with E-state index in [1.807, 2.05) is 12.2 Å². The number of nitrogens with one attached hydrogen (secondary N) is 3. The van der Waals surface area contributed by atoms with E-state index in [0.717, 1.165) is 12.8 Å². The zero-order valence-electron chi connectivity index (χ0n) is 30.5. The highest BCUT2D eigenvalue weighted by molar-refractivity contribution is 6.04. The van der Waals surface area contributed by atoms with E-state index >= 15 is 0 Å². The maximum atomic E-state index is 14.4. The number of rotatable bonds is 3. The number of alkyl carbamates (subject to hydrolysis) is 1. The summed E-state index contributed by atoms with van der Waals surface area (Å²) in [7, 11) is 0. The first-order valence-electron chi connectivity index (χ1n) is 18.4. The molecule has 0 aromatic heterocycles. The van der Waals surface area contributed by atoms with Crippen molar-refractivity contribution in [1.29, 1.82) is 0 Å². The highest BCUT2D eigenvalue weighted by Crippen LogP contribution is 2.45. The van der Waals surface area contributed by atoms with E-state index < -0.39 is 77.0 Å². The molecule has 5 atom stereocenters. The number of allylic oxidation sites excluding steroid dienone is 1. The average Bonchev–Trinajstić information content (AvgIpc) is 3.40. The van der Waals surface area contributed by atoms with Crippen molar-refractivity contribution in [3.8, 4) is 0 Å². The number of imide groups is 1. The Morgan fingerprint density at radius 1 is 1.04 bits per heavy atom. The molecule has 6 rings (SSSR count). The van der Waals surface area contributed by atoms with Gasteiger partial charge in [-0.15, -0.1) is 0 Å². The Morgan fingerprint density at radius 2 is 1.81 bits per heavy atom. The monoisotopic (exact) mass is 740 g/mol. The van der Waals surface area contributed by atoms with E-state index in [1.54, 1.807) is 32.9 Å². The fourth-order valence-corrected chi connectivity index (χ4v) is 7.40. The van der Waals surface area contributed by atoms with Crippen molar-refractivity contribution < 1.29 is 47.4 Å². The predicted molar refractivity (Wildman–Crippen MR) is 186 cm³/mol. The van der Waals surface area contributed by atoms with Gasteiger partial charge in [-0.3, -0.25) is 24.6 Å². The van der Waals surface area contributed by atoms with Gasteiger partial charge in [-0.05, 0) is 58.1 Å². The van der Waals surface area contributed by atoms with Gasteiger partial charge in [-0.1, -0.05) is 37.1 Å². The first kappa shape index (κ1) is 38.0. The Kier molecular flexibility index (Phi) is 11.3. The summed E-state index contributed by atoms with van der Waals surface area (Å²) in [6, 6.07) is 1.81. The fraction of sp³-hybridized carbons (Fsp3) is 0.622. The minimum absolute atomic E-state index is 0.0116. The van der Waals surface area contributed by atoms with Crippen LogP contribution in [0.3, 0.4) is 0 Å². The van der Waals surface area contributed by atoms with E-state index in [-0.39, 0.29) is 38.9 Å². The van der Waals surface area contributed by atoms with Gasteiger partial charge < -0.3 is 34.6 Å². The standard InChI is InChI=1S/C37H49FN6O9/c1-36(2,3)53-34(49)39-28-13-8-6-4-5-7-11-24-19-37(24,32(47)40-33(48)42-14-16-51-17-15-42)41-30(45)29-18-25(21-44(29)31(28)46)52-35(50)43-20-23-10-9-12-27(38)26(23)22-43/h7,9-12,24-25,28-29H,4-6,8,13-22H2,1-3H3,(H,39,49)(H,41,45)(H,40,47,48)/b11-7-/t24-,25+,28-,29-,37+/m0/s1. The van der Waals surface area contributed by atoms with E-state index in [2.05, 4.69) is 16.0 Å². The minimum Gasteiger partial charge on any atom is -0.444 e. The van der Waals surface area contributed by atoms with Gasteiger partial charge in [0.25, 0.3) is 5.91 Å². The second-order valence-electron chi connectivity index (χ2n) is 15.4. The number of carbonyl (C=O) groups excluding carboxylic acids is 6. The number of morpholine rings is 1. The van der Waals surface area contributed by atoms with Gasteiger partial charge in [0.2, 0.25) is 11.8 Å². The number of halogens is 1. The highest BCUT2D eigenvalue weighted by atomic mass is 19.1. The first-order valence-corrected chi connectivity index (χ1v) is 18.4. The van der Waals surface area contributed by atoms with Crippen LogP contribution in [0.5, 0.6) is 0 Å². The van der Waals surface area contributed by atoms with Gasteiger partial charge in [-0.2, -0.15) is 0 Å². The summed E-state index contributed by atoms with van der Waals surface area (Å²) in [4.78, 5) is 85.8. The van der Waals surface area contributed by atoms with Crippen LogP contribution in [0.1, 0.15) is 76.8 Å². The van der Waals surface area contributed by atoms with Gasteiger partial charge in [-0.25, -0.2) is 18.8 Å². The van der Waals surface area contributed by atoms with Crippen LogP contribution in [0.15, 0.2) is 30.4 Å². The van der Waals surface area contributed by atoms with Crippen molar-refractivity contribution in [2.75, 3.05) is 32.8 Å². The lowest BCUT2D eigenvalue weighted by atomic mass is 10.0. The molecule has 0 bridgehead atoms. The van der Waals surface area contributed by atoms with Gasteiger partial charge in [0, 0.05) is 37.5 Å².